The van der Waals surface area contributed by atoms with Crippen LogP contribution in [0, 0.1) is 30.7 Å². The summed E-state index contributed by atoms with van der Waals surface area (Å²) < 4.78 is 17.9. The van der Waals surface area contributed by atoms with Gasteiger partial charge in [0.1, 0.15) is 37.4 Å². The van der Waals surface area contributed by atoms with Gasteiger partial charge in [0.25, 0.3) is 0 Å². The van der Waals surface area contributed by atoms with Gasteiger partial charge in [-0.25, -0.2) is 22.1 Å². The molecule has 3 aromatic rings. The number of nitrogens with one attached hydrogen (secondary N) is 3. The van der Waals surface area contributed by atoms with Gasteiger partial charge in [-0.2, -0.15) is 13.1 Å². The van der Waals surface area contributed by atoms with Crippen molar-refractivity contribution in [2.45, 2.75) is 119 Å². The number of aryl methyl sites for hydroxylation is 1. The molecule has 0 amide bonds. The van der Waals surface area contributed by atoms with Crippen molar-refractivity contribution >= 4 is 13.2 Å². The van der Waals surface area contributed by atoms with Gasteiger partial charge in [0, 0.05) is 76.9 Å². The quantitative estimate of drug-likeness (QED) is 0.235. The van der Waals surface area contributed by atoms with E-state index in [-0.39, 0.29) is 221 Å². The Hall–Kier alpha value is 3.26. The second-order valence-electron chi connectivity index (χ2n) is 17.5. The van der Waals surface area contributed by atoms with Crippen LogP contribution in [0.1, 0.15) is 70.9 Å². The third-order valence-corrected chi connectivity index (χ3v) is 12.4. The molecule has 9 aliphatic rings. The predicted molar refractivity (Wildman–Crippen MR) is 256 cm³/mol. The van der Waals surface area contributed by atoms with Crippen LogP contribution >= 0.6 is 0 Å². The monoisotopic (exact) mass is 1180 g/mol. The summed E-state index contributed by atoms with van der Waals surface area (Å²) in [7, 11) is 0. The molecular formula is C47H79B2N9O3Rb3Y-. The maximum atomic E-state index is 7.25. The second kappa shape index (κ2) is 40.6. The second-order valence-corrected chi connectivity index (χ2v) is 17.5. The minimum atomic E-state index is 0. The average Bonchev–Trinajstić information content (AvgIpc) is 3.28. The van der Waals surface area contributed by atoms with Crippen molar-refractivity contribution in [3.05, 3.63) is 89.4 Å². The molecule has 1 radical (unpaired) electrons. The Morgan fingerprint density at radius 2 is 0.938 bits per heavy atom. The first-order chi connectivity index (χ1) is 29.0. The molecule has 9 saturated heterocycles. The Bertz CT molecular complexity index is 1550. The molecule has 9 fully saturated rings. The molecule has 3 N–H and O–H groups in total. The minimum absolute atomic E-state index is 0. The Balaban J connectivity index is 0. The van der Waals surface area contributed by atoms with Gasteiger partial charge < -0.3 is 31.4 Å². The molecule has 3 aromatic heterocycles. The Kier molecular flexibility index (Phi) is 44.0. The van der Waals surface area contributed by atoms with Crippen LogP contribution in [0.15, 0.2) is 55.0 Å². The van der Waals surface area contributed by atoms with Crippen molar-refractivity contribution < 1.29 is 221 Å². The van der Waals surface area contributed by atoms with Gasteiger partial charge in [-0.1, -0.05) is 72.5 Å². The topological polar surface area (TPSA) is 147 Å². The van der Waals surface area contributed by atoms with Gasteiger partial charge in [0.2, 0.25) is 11.8 Å². The largest absolute Gasteiger partial charge is 1.00 e. The SMILES string of the molecule is C.CB(C)B(C)C.CC[NH-].CC[NH-].Cc1ccc(O[C@H]2CN3CCC2CC3)nc1.[NH-]Cc1ccc(O[C@H]2CN3CCC2CC3)nc1.[Rb+].[Rb+].[Rb+].[Y].[c-]1ccc(O[C@H]2CN3CCC2CC3)nc1. The van der Waals surface area contributed by atoms with Crippen LogP contribution < -0.4 is 189 Å². The normalized spacial score (nSPS) is 25.4. The molecule has 12 nitrogen and oxygen atoms in total. The number of nitrogens with zero attached hydrogens (tertiary/aromatic N) is 6. The summed E-state index contributed by atoms with van der Waals surface area (Å²) in [5.41, 5.74) is 21.8. The maximum Gasteiger partial charge on any atom is 1.00 e. The van der Waals surface area contributed by atoms with E-state index in [1.165, 1.54) is 83.4 Å². The van der Waals surface area contributed by atoms with E-state index in [4.69, 9.17) is 31.4 Å². The van der Waals surface area contributed by atoms with Gasteiger partial charge in [0.15, 0.2) is 0 Å². The first-order valence-electron chi connectivity index (χ1n) is 22.9. The average molecular weight is 1190 g/mol. The van der Waals surface area contributed by atoms with Crippen LogP contribution in [0.5, 0.6) is 17.6 Å². The van der Waals surface area contributed by atoms with E-state index in [9.17, 15) is 0 Å². The van der Waals surface area contributed by atoms with Crippen LogP contribution in [-0.2, 0) is 39.3 Å². The number of piperidine rings is 9. The molecule has 3 atom stereocenters. The smallest absolute Gasteiger partial charge is 0.678 e. The van der Waals surface area contributed by atoms with E-state index in [1.54, 1.807) is 26.2 Å². The van der Waals surface area contributed by atoms with E-state index >= 15 is 0 Å². The van der Waals surface area contributed by atoms with Crippen LogP contribution in [0.25, 0.3) is 17.2 Å². The van der Waals surface area contributed by atoms with Crippen LogP contribution in [0.4, 0.5) is 0 Å². The standard InChI is InChI=1S/C13H18N3O.C13H18N2O.C12H15N2O.C4H12B2.2C2H6N.CH4.3Rb.Y/c14-7-10-1-2-13(15-8-10)17-12-9-16-5-3-11(12)4-6-16;1-10-2-3-13(14-8-10)16-12-9-15-6-4-11(12)5-7-15;1-2-6-13-12(3-1)15-11-9-14-7-4-10(11)5-8-14;1-5(2)6(3)4;2*1-2-3;;;;;/h1-2,8,11-12,14H,3-7,9H2;2-3,8,11-12H,4-7,9H2,1H3;1,3,6,10-11H,4-5,7-9H2;1-4H3;2*3H,2H2,1H3;1H4;;;;/q-1;;-1;;2*-1;;3*+1;/t2*12-;11-;;;;;;;;/m000......../s1. The van der Waals surface area contributed by atoms with Crippen LogP contribution in [0.2, 0.25) is 27.3 Å². The van der Waals surface area contributed by atoms with Crippen molar-refractivity contribution in [1.82, 2.24) is 29.7 Å². The molecule has 12 rings (SSSR count). The number of ether oxygens (including phenoxy) is 3. The summed E-state index contributed by atoms with van der Waals surface area (Å²) in [6.45, 7) is 28.3. The van der Waals surface area contributed by atoms with Gasteiger partial charge in [0.05, 0.1) is 0 Å². The summed E-state index contributed by atoms with van der Waals surface area (Å²) in [5.74, 6) is 4.42. The molecule has 0 spiro atoms. The zero-order chi connectivity index (χ0) is 43.3. The molecule has 65 heavy (non-hydrogen) atoms. The van der Waals surface area contributed by atoms with Crippen molar-refractivity contribution in [3.63, 3.8) is 0 Å². The first-order valence-corrected chi connectivity index (χ1v) is 22.9. The summed E-state index contributed by atoms with van der Waals surface area (Å²) in [6, 6.07) is 14.5. The van der Waals surface area contributed by atoms with Gasteiger partial charge >= 0.3 is 175 Å². The third-order valence-electron chi connectivity index (χ3n) is 12.4. The number of aromatic nitrogens is 3. The molecule has 0 saturated carbocycles. The minimum Gasteiger partial charge on any atom is -0.678 e. The van der Waals surface area contributed by atoms with Gasteiger partial charge in [-0.3, -0.25) is 19.7 Å². The molecule has 12 heterocycles. The van der Waals surface area contributed by atoms with Crippen molar-refractivity contribution in [3.8, 4) is 17.6 Å². The molecule has 0 aliphatic carbocycles. The van der Waals surface area contributed by atoms with E-state index in [1.807, 2.05) is 43.5 Å². The van der Waals surface area contributed by atoms with Crippen molar-refractivity contribution in [1.29, 1.82) is 0 Å². The Labute approximate surface area is 568 Å². The third kappa shape index (κ3) is 26.9. The molecular weight excluding hydrogens is 1110 g/mol. The molecule has 0 aromatic carbocycles. The van der Waals surface area contributed by atoms with Crippen LogP contribution in [-0.4, -0.2) is 133 Å². The molecule has 6 bridgehead atoms. The van der Waals surface area contributed by atoms with Gasteiger partial charge in [-0.05, 0) is 108 Å². The number of pyridine rings is 3. The summed E-state index contributed by atoms with van der Waals surface area (Å²) in [5, 5.41) is 0. The zero-order valence-corrected chi connectivity index (χ0v) is 59.1. The summed E-state index contributed by atoms with van der Waals surface area (Å²) >= 11 is 0. The first kappa shape index (κ1) is 70.3. The molecule has 343 valence electrons. The summed E-state index contributed by atoms with van der Waals surface area (Å²) in [4.78, 5) is 20.2. The number of hydrogen-bond acceptors (Lipinski definition) is 9. The Morgan fingerprint density at radius 1 is 0.585 bits per heavy atom. The van der Waals surface area contributed by atoms with Crippen molar-refractivity contribution in [2.24, 2.45) is 17.8 Å². The fourth-order valence-corrected chi connectivity index (χ4v) is 8.08. The van der Waals surface area contributed by atoms with E-state index in [0.29, 0.717) is 43.2 Å². The van der Waals surface area contributed by atoms with E-state index < -0.39 is 0 Å². The molecule has 0 unspecified atom stereocenters. The van der Waals surface area contributed by atoms with E-state index in [0.717, 1.165) is 62.0 Å². The number of fused-ring (bicyclic) bond motifs is 9. The Morgan fingerprint density at radius 3 is 1.18 bits per heavy atom. The number of hydrogen-bond donors (Lipinski definition) is 0. The van der Waals surface area contributed by atoms with Crippen molar-refractivity contribution in [2.75, 3.05) is 72.0 Å². The fourth-order valence-electron chi connectivity index (χ4n) is 8.08. The van der Waals surface area contributed by atoms with E-state index in [2.05, 4.69) is 69.1 Å². The molecule has 18 heteroatoms. The fraction of sp³-hybridized carbons (Fsp3) is 0.681. The van der Waals surface area contributed by atoms with Gasteiger partial charge in [-0.15, -0.1) is 12.6 Å². The zero-order valence-electron chi connectivity index (χ0n) is 41.5. The maximum absolute atomic E-state index is 7.25. The van der Waals surface area contributed by atoms with Crippen LogP contribution in [0.3, 0.4) is 0 Å². The molecule has 9 aliphatic heterocycles. The number of rotatable bonds is 8. The summed E-state index contributed by atoms with van der Waals surface area (Å²) in [6.07, 6.45) is 14.0. The predicted octanol–water partition coefficient (Wildman–Crippen LogP) is 0.661.